The molecule has 4 nitrogen and oxygen atoms in total. The fourth-order valence-electron chi connectivity index (χ4n) is 4.65. The van der Waals surface area contributed by atoms with Gasteiger partial charge in [-0.15, -0.1) is 0 Å². The van der Waals surface area contributed by atoms with Crippen LogP contribution in [-0.2, 0) is 13.1 Å². The lowest BCUT2D eigenvalue weighted by Crippen LogP contribution is -2.48. The van der Waals surface area contributed by atoms with E-state index in [-0.39, 0.29) is 0 Å². The van der Waals surface area contributed by atoms with Gasteiger partial charge < -0.3 is 9.80 Å². The highest BCUT2D eigenvalue weighted by Crippen LogP contribution is 2.24. The number of nitrogens with zero attached hydrogens (tertiary/aromatic N) is 4. The Hall–Kier alpha value is -0.560. The maximum atomic E-state index is 6.16. The summed E-state index contributed by atoms with van der Waals surface area (Å²) in [5.74, 6) is 0. The first-order valence-corrected chi connectivity index (χ1v) is 13.2. The van der Waals surface area contributed by atoms with Gasteiger partial charge in [-0.3, -0.25) is 9.80 Å². The lowest BCUT2D eigenvalue weighted by Gasteiger charge is -2.37. The third kappa shape index (κ3) is 7.71. The molecule has 180 valence electrons. The van der Waals surface area contributed by atoms with Gasteiger partial charge in [-0.25, -0.2) is 0 Å². The molecule has 0 aliphatic carbocycles. The van der Waals surface area contributed by atoms with Crippen molar-refractivity contribution in [1.82, 2.24) is 19.6 Å². The third-order valence-corrected chi connectivity index (χ3v) is 8.14. The molecule has 4 rings (SSSR count). The summed E-state index contributed by atoms with van der Waals surface area (Å²) in [6.07, 6.45) is 1.24. The SMILES string of the molecule is Clc1ccc(CN2CCN(CCCN3CCN(Cc4ccc(Cl)c(Cl)c4)CC3)CC2)cc1Cl. The fraction of sp³-hybridized carbons (Fsp3) is 0.520. The van der Waals surface area contributed by atoms with Gasteiger partial charge in [0.2, 0.25) is 0 Å². The maximum Gasteiger partial charge on any atom is 0.0595 e. The molecule has 0 amide bonds. The van der Waals surface area contributed by atoms with Crippen LogP contribution in [-0.4, -0.2) is 85.0 Å². The van der Waals surface area contributed by atoms with Crippen LogP contribution in [0.1, 0.15) is 17.5 Å². The molecule has 0 radical (unpaired) electrons. The molecule has 2 aliphatic heterocycles. The van der Waals surface area contributed by atoms with Crippen molar-refractivity contribution in [1.29, 1.82) is 0 Å². The molecule has 2 aromatic rings. The van der Waals surface area contributed by atoms with Crippen molar-refractivity contribution >= 4 is 46.4 Å². The summed E-state index contributed by atoms with van der Waals surface area (Å²) in [7, 11) is 0. The van der Waals surface area contributed by atoms with E-state index in [0.29, 0.717) is 20.1 Å². The van der Waals surface area contributed by atoms with Crippen LogP contribution < -0.4 is 0 Å². The standard InChI is InChI=1S/C25H32Cl4N4/c26-22-4-2-20(16-24(22)28)18-32-12-8-30(9-13-32)6-1-7-31-10-14-33(15-11-31)19-21-3-5-23(27)25(29)17-21/h2-5,16-17H,1,6-15,18-19H2. The van der Waals surface area contributed by atoms with Crippen LogP contribution in [0.15, 0.2) is 36.4 Å². The van der Waals surface area contributed by atoms with Gasteiger partial charge in [-0.1, -0.05) is 58.5 Å². The molecule has 0 atom stereocenters. The largest absolute Gasteiger partial charge is 0.301 e. The second-order valence-electron chi connectivity index (χ2n) is 9.09. The first-order chi connectivity index (χ1) is 16.0. The summed E-state index contributed by atoms with van der Waals surface area (Å²) < 4.78 is 0. The number of hydrogen-bond donors (Lipinski definition) is 0. The Kier molecular flexibility index (Phi) is 9.61. The predicted octanol–water partition coefficient (Wildman–Crippen LogP) is 5.63. The van der Waals surface area contributed by atoms with Gasteiger partial charge in [0.1, 0.15) is 0 Å². The van der Waals surface area contributed by atoms with Gasteiger partial charge in [0, 0.05) is 65.4 Å². The molecule has 2 saturated heterocycles. The molecule has 2 fully saturated rings. The smallest absolute Gasteiger partial charge is 0.0595 e. The summed E-state index contributed by atoms with van der Waals surface area (Å²) in [5.41, 5.74) is 2.47. The van der Waals surface area contributed by atoms with Crippen LogP contribution >= 0.6 is 46.4 Å². The number of halogens is 4. The van der Waals surface area contributed by atoms with Crippen molar-refractivity contribution in [2.75, 3.05) is 65.4 Å². The lowest BCUT2D eigenvalue weighted by molar-refractivity contribution is 0.106. The number of piperazine rings is 2. The maximum absolute atomic E-state index is 6.16. The highest BCUT2D eigenvalue weighted by atomic mass is 35.5. The predicted molar refractivity (Wildman–Crippen MR) is 141 cm³/mol. The van der Waals surface area contributed by atoms with E-state index in [4.69, 9.17) is 46.4 Å². The van der Waals surface area contributed by atoms with E-state index in [9.17, 15) is 0 Å². The van der Waals surface area contributed by atoms with E-state index in [1.807, 2.05) is 24.3 Å². The summed E-state index contributed by atoms with van der Waals surface area (Å²) in [6.45, 7) is 13.2. The first kappa shape index (κ1) is 25.5. The second kappa shape index (κ2) is 12.4. The topological polar surface area (TPSA) is 13.0 Å². The van der Waals surface area contributed by atoms with Gasteiger partial charge in [0.15, 0.2) is 0 Å². The Balaban J connectivity index is 1.09. The minimum Gasteiger partial charge on any atom is -0.301 e. The molecule has 8 heteroatoms. The monoisotopic (exact) mass is 528 g/mol. The fourth-order valence-corrected chi connectivity index (χ4v) is 5.29. The highest BCUT2D eigenvalue weighted by molar-refractivity contribution is 6.42. The zero-order valence-corrected chi connectivity index (χ0v) is 22.0. The molecule has 2 aliphatic rings. The third-order valence-electron chi connectivity index (χ3n) is 6.66. The van der Waals surface area contributed by atoms with Gasteiger partial charge >= 0.3 is 0 Å². The van der Waals surface area contributed by atoms with Crippen LogP contribution in [0.3, 0.4) is 0 Å². The zero-order valence-electron chi connectivity index (χ0n) is 19.0. The minimum absolute atomic E-state index is 0.623. The van der Waals surface area contributed by atoms with Crippen molar-refractivity contribution in [3.63, 3.8) is 0 Å². The molecule has 0 N–H and O–H groups in total. The average molecular weight is 530 g/mol. The molecule has 0 spiro atoms. The molecule has 0 aromatic heterocycles. The normalized spacial score (nSPS) is 19.3. The van der Waals surface area contributed by atoms with Crippen LogP contribution in [0.5, 0.6) is 0 Å². The van der Waals surface area contributed by atoms with Crippen molar-refractivity contribution in [3.05, 3.63) is 67.6 Å². The summed E-state index contributed by atoms with van der Waals surface area (Å²) in [6, 6.07) is 11.9. The van der Waals surface area contributed by atoms with E-state index < -0.39 is 0 Å². The molecule has 33 heavy (non-hydrogen) atoms. The average Bonchev–Trinajstić information content (AvgIpc) is 2.81. The lowest BCUT2D eigenvalue weighted by atomic mass is 10.2. The minimum atomic E-state index is 0.623. The van der Waals surface area contributed by atoms with Crippen molar-refractivity contribution in [2.24, 2.45) is 0 Å². The van der Waals surface area contributed by atoms with E-state index in [0.717, 1.165) is 65.4 Å². The van der Waals surface area contributed by atoms with Gasteiger partial charge in [0.25, 0.3) is 0 Å². The molecule has 0 unspecified atom stereocenters. The van der Waals surface area contributed by atoms with E-state index in [1.165, 1.54) is 30.6 Å². The first-order valence-electron chi connectivity index (χ1n) is 11.7. The van der Waals surface area contributed by atoms with E-state index in [2.05, 4.69) is 31.7 Å². The van der Waals surface area contributed by atoms with Crippen LogP contribution in [0.4, 0.5) is 0 Å². The van der Waals surface area contributed by atoms with Crippen molar-refractivity contribution < 1.29 is 0 Å². The zero-order chi connectivity index (χ0) is 23.2. The van der Waals surface area contributed by atoms with Gasteiger partial charge in [-0.05, 0) is 54.9 Å². The molecule has 0 bridgehead atoms. The Morgan fingerprint density at radius 2 is 0.848 bits per heavy atom. The van der Waals surface area contributed by atoms with Crippen molar-refractivity contribution in [3.8, 4) is 0 Å². The quantitative estimate of drug-likeness (QED) is 0.439. The number of benzene rings is 2. The summed E-state index contributed by atoms with van der Waals surface area (Å²) in [5, 5.41) is 2.53. The Labute approximate surface area is 217 Å². The second-order valence-corrected chi connectivity index (χ2v) is 10.7. The van der Waals surface area contributed by atoms with E-state index in [1.54, 1.807) is 0 Å². The van der Waals surface area contributed by atoms with Crippen LogP contribution in [0.25, 0.3) is 0 Å². The number of rotatable bonds is 8. The van der Waals surface area contributed by atoms with Gasteiger partial charge in [0.05, 0.1) is 20.1 Å². The Bertz CT molecular complexity index is 836. The summed E-state index contributed by atoms with van der Waals surface area (Å²) >= 11 is 24.4. The summed E-state index contributed by atoms with van der Waals surface area (Å²) in [4.78, 5) is 10.2. The molecule has 2 heterocycles. The van der Waals surface area contributed by atoms with Crippen LogP contribution in [0, 0.1) is 0 Å². The van der Waals surface area contributed by atoms with Crippen LogP contribution in [0.2, 0.25) is 20.1 Å². The Morgan fingerprint density at radius 3 is 1.21 bits per heavy atom. The molecular weight excluding hydrogens is 498 g/mol. The highest BCUT2D eigenvalue weighted by Gasteiger charge is 2.19. The van der Waals surface area contributed by atoms with Gasteiger partial charge in [-0.2, -0.15) is 0 Å². The Morgan fingerprint density at radius 1 is 0.485 bits per heavy atom. The molecule has 0 saturated carbocycles. The number of hydrogen-bond acceptors (Lipinski definition) is 4. The van der Waals surface area contributed by atoms with Crippen molar-refractivity contribution in [2.45, 2.75) is 19.5 Å². The van der Waals surface area contributed by atoms with E-state index >= 15 is 0 Å². The molecular formula is C25H32Cl4N4. The molecule has 2 aromatic carbocycles.